The number of ether oxygens (including phenoxy) is 1. The van der Waals surface area contributed by atoms with Crippen LogP contribution in [0.25, 0.3) is 0 Å². The summed E-state index contributed by atoms with van der Waals surface area (Å²) in [7, 11) is 0. The van der Waals surface area contributed by atoms with E-state index in [0.29, 0.717) is 36.6 Å². The zero-order valence-electron chi connectivity index (χ0n) is 13.0. The van der Waals surface area contributed by atoms with Crippen LogP contribution in [0.3, 0.4) is 0 Å². The van der Waals surface area contributed by atoms with E-state index in [4.69, 9.17) is 16.3 Å². The van der Waals surface area contributed by atoms with Gasteiger partial charge in [-0.3, -0.25) is 9.59 Å². The lowest BCUT2D eigenvalue weighted by molar-refractivity contribution is -0.124. The van der Waals surface area contributed by atoms with E-state index in [-0.39, 0.29) is 18.4 Å². The maximum absolute atomic E-state index is 12.3. The fourth-order valence-corrected chi connectivity index (χ4v) is 2.62. The Morgan fingerprint density at radius 2 is 2.09 bits per heavy atom. The zero-order valence-corrected chi connectivity index (χ0v) is 13.7. The van der Waals surface area contributed by atoms with Gasteiger partial charge in [0.05, 0.1) is 12.1 Å². The molecular formula is C16H21ClN2O4. The summed E-state index contributed by atoms with van der Waals surface area (Å²) in [6, 6.07) is 5.73. The molecule has 2 amide bonds. The third kappa shape index (κ3) is 4.67. The van der Waals surface area contributed by atoms with Crippen LogP contribution >= 0.6 is 11.6 Å². The van der Waals surface area contributed by atoms with Crippen molar-refractivity contribution in [3.63, 3.8) is 0 Å². The number of hydrogen-bond donors (Lipinski definition) is 3. The average Bonchev–Trinajstić information content (AvgIpc) is 2.96. The van der Waals surface area contributed by atoms with Gasteiger partial charge in [-0.15, -0.1) is 0 Å². The van der Waals surface area contributed by atoms with Gasteiger partial charge in [0, 0.05) is 23.8 Å². The Hall–Kier alpha value is -1.63. The van der Waals surface area contributed by atoms with E-state index in [1.54, 1.807) is 31.2 Å². The first-order valence-electron chi connectivity index (χ1n) is 7.53. The van der Waals surface area contributed by atoms with E-state index < -0.39 is 11.6 Å². The van der Waals surface area contributed by atoms with E-state index in [0.717, 1.165) is 0 Å². The molecule has 3 N–H and O–H groups in total. The standard InChI is InChI=1S/C16H21ClN2O4/c1-11(18-15(22)12-2-4-13(17)5-3-12)14(21)19-16(6-8-20)7-9-23-10-16/h2-5,11,20H,6-10H2,1H3,(H,18,22)(H,19,21)/t11-,16-/m1/s1. The lowest BCUT2D eigenvalue weighted by atomic mass is 9.94. The third-order valence-corrected chi connectivity index (χ3v) is 4.18. The lowest BCUT2D eigenvalue weighted by Gasteiger charge is -2.29. The van der Waals surface area contributed by atoms with Crippen molar-refractivity contribution < 1.29 is 19.4 Å². The second-order valence-electron chi connectivity index (χ2n) is 5.75. The highest BCUT2D eigenvalue weighted by molar-refractivity contribution is 6.30. The number of hydrogen-bond acceptors (Lipinski definition) is 4. The molecule has 0 aromatic heterocycles. The molecule has 7 heteroatoms. The van der Waals surface area contributed by atoms with Crippen LogP contribution in [0.5, 0.6) is 0 Å². The van der Waals surface area contributed by atoms with Crippen molar-refractivity contribution >= 4 is 23.4 Å². The van der Waals surface area contributed by atoms with Crippen molar-refractivity contribution in [2.75, 3.05) is 19.8 Å². The molecule has 1 saturated heterocycles. The number of benzene rings is 1. The second-order valence-corrected chi connectivity index (χ2v) is 6.18. The number of nitrogens with one attached hydrogen (secondary N) is 2. The van der Waals surface area contributed by atoms with Crippen molar-refractivity contribution in [3.05, 3.63) is 34.9 Å². The largest absolute Gasteiger partial charge is 0.396 e. The number of amides is 2. The Morgan fingerprint density at radius 1 is 1.39 bits per heavy atom. The van der Waals surface area contributed by atoms with Crippen LogP contribution in [0.2, 0.25) is 5.02 Å². The van der Waals surface area contributed by atoms with E-state index in [2.05, 4.69) is 10.6 Å². The lowest BCUT2D eigenvalue weighted by Crippen LogP contribution is -2.55. The van der Waals surface area contributed by atoms with Gasteiger partial charge in [-0.1, -0.05) is 11.6 Å². The molecule has 23 heavy (non-hydrogen) atoms. The third-order valence-electron chi connectivity index (χ3n) is 3.93. The Labute approximate surface area is 140 Å². The molecule has 126 valence electrons. The molecule has 0 spiro atoms. The smallest absolute Gasteiger partial charge is 0.251 e. The molecule has 1 fully saturated rings. The van der Waals surface area contributed by atoms with Gasteiger partial charge in [0.15, 0.2) is 0 Å². The Morgan fingerprint density at radius 3 is 2.65 bits per heavy atom. The van der Waals surface area contributed by atoms with Crippen LogP contribution < -0.4 is 10.6 Å². The summed E-state index contributed by atoms with van der Waals surface area (Å²) in [6.07, 6.45) is 1.08. The van der Waals surface area contributed by atoms with Crippen molar-refractivity contribution in [2.24, 2.45) is 0 Å². The van der Waals surface area contributed by atoms with E-state index >= 15 is 0 Å². The van der Waals surface area contributed by atoms with Gasteiger partial charge in [0.25, 0.3) is 5.91 Å². The summed E-state index contributed by atoms with van der Waals surface area (Å²) >= 11 is 5.78. The Kier molecular flexibility index (Phi) is 5.98. The zero-order chi connectivity index (χ0) is 16.9. The van der Waals surface area contributed by atoms with E-state index in [9.17, 15) is 14.7 Å². The molecule has 6 nitrogen and oxygen atoms in total. The number of halogens is 1. The molecule has 0 aliphatic carbocycles. The number of aliphatic hydroxyl groups excluding tert-OH is 1. The van der Waals surface area contributed by atoms with Gasteiger partial charge in [-0.05, 0) is 44.0 Å². The van der Waals surface area contributed by atoms with Gasteiger partial charge < -0.3 is 20.5 Å². The Balaban J connectivity index is 1.94. The van der Waals surface area contributed by atoms with Crippen molar-refractivity contribution in [1.82, 2.24) is 10.6 Å². The summed E-state index contributed by atoms with van der Waals surface area (Å²) in [6.45, 7) is 2.50. The van der Waals surface area contributed by atoms with Crippen LogP contribution in [0, 0.1) is 0 Å². The maximum Gasteiger partial charge on any atom is 0.251 e. The highest BCUT2D eigenvalue weighted by atomic mass is 35.5. The number of rotatable bonds is 6. The van der Waals surface area contributed by atoms with Crippen molar-refractivity contribution in [2.45, 2.75) is 31.3 Å². The minimum Gasteiger partial charge on any atom is -0.396 e. The van der Waals surface area contributed by atoms with Gasteiger partial charge in [-0.25, -0.2) is 0 Å². The maximum atomic E-state index is 12.3. The Bertz CT molecular complexity index is 556. The van der Waals surface area contributed by atoms with Crippen LogP contribution in [0.15, 0.2) is 24.3 Å². The summed E-state index contributed by atoms with van der Waals surface area (Å²) < 4.78 is 5.33. The summed E-state index contributed by atoms with van der Waals surface area (Å²) in [5.74, 6) is -0.644. The highest BCUT2D eigenvalue weighted by Gasteiger charge is 2.37. The number of carbonyl (C=O) groups excluding carboxylic acids is 2. The van der Waals surface area contributed by atoms with Gasteiger partial charge in [0.2, 0.25) is 5.91 Å². The number of aliphatic hydroxyl groups is 1. The highest BCUT2D eigenvalue weighted by Crippen LogP contribution is 2.22. The monoisotopic (exact) mass is 340 g/mol. The SMILES string of the molecule is C[C@@H](NC(=O)c1ccc(Cl)cc1)C(=O)N[C@]1(CCO)CCOC1. The van der Waals surface area contributed by atoms with Gasteiger partial charge in [0.1, 0.15) is 6.04 Å². The summed E-state index contributed by atoms with van der Waals surface area (Å²) in [5.41, 5.74) is -0.117. The van der Waals surface area contributed by atoms with E-state index in [1.165, 1.54) is 0 Å². The minimum absolute atomic E-state index is 0.0326. The van der Waals surface area contributed by atoms with Gasteiger partial charge >= 0.3 is 0 Å². The van der Waals surface area contributed by atoms with Gasteiger partial charge in [-0.2, -0.15) is 0 Å². The molecule has 1 aromatic rings. The molecule has 0 radical (unpaired) electrons. The molecule has 0 bridgehead atoms. The summed E-state index contributed by atoms with van der Waals surface area (Å²) in [5, 5.41) is 15.3. The topological polar surface area (TPSA) is 87.7 Å². The fourth-order valence-electron chi connectivity index (χ4n) is 2.50. The predicted molar refractivity (Wildman–Crippen MR) is 86.4 cm³/mol. The first-order chi connectivity index (χ1) is 11.0. The van der Waals surface area contributed by atoms with Crippen molar-refractivity contribution in [3.8, 4) is 0 Å². The molecule has 1 aromatic carbocycles. The molecule has 0 unspecified atom stereocenters. The molecule has 1 aliphatic rings. The quantitative estimate of drug-likeness (QED) is 0.724. The second kappa shape index (κ2) is 7.77. The van der Waals surface area contributed by atoms with E-state index in [1.807, 2.05) is 0 Å². The van der Waals surface area contributed by atoms with Crippen LogP contribution in [0.1, 0.15) is 30.1 Å². The minimum atomic E-state index is -0.700. The van der Waals surface area contributed by atoms with Crippen LogP contribution in [-0.2, 0) is 9.53 Å². The molecule has 2 atom stereocenters. The molecule has 1 heterocycles. The fraction of sp³-hybridized carbons (Fsp3) is 0.500. The molecule has 0 saturated carbocycles. The number of carbonyl (C=O) groups is 2. The normalized spacial score (nSPS) is 21.7. The first kappa shape index (κ1) is 17.7. The van der Waals surface area contributed by atoms with Crippen molar-refractivity contribution in [1.29, 1.82) is 0 Å². The first-order valence-corrected chi connectivity index (χ1v) is 7.91. The molecule has 2 rings (SSSR count). The molecular weight excluding hydrogens is 320 g/mol. The van der Waals surface area contributed by atoms with Crippen LogP contribution in [-0.4, -0.2) is 48.3 Å². The summed E-state index contributed by atoms with van der Waals surface area (Å²) in [4.78, 5) is 24.4. The molecule has 1 aliphatic heterocycles. The van der Waals surface area contributed by atoms with Crippen LogP contribution in [0.4, 0.5) is 0 Å². The predicted octanol–water partition coefficient (Wildman–Crippen LogP) is 1.12. The average molecular weight is 341 g/mol.